The molecule has 0 atom stereocenters. The fourth-order valence-corrected chi connectivity index (χ4v) is 0.518. The van der Waals surface area contributed by atoms with Gasteiger partial charge in [0.25, 0.3) is 6.43 Å². The van der Waals surface area contributed by atoms with Gasteiger partial charge in [-0.2, -0.15) is 0 Å². The molecule has 0 radical (unpaired) electrons. The Bertz CT molecular complexity index is 226. The lowest BCUT2D eigenvalue weighted by molar-refractivity contribution is 0.151. The molecule has 54 valence electrons. The topological polar surface area (TPSA) is 51.8 Å². The Hall–Kier alpha value is -1.26. The van der Waals surface area contributed by atoms with Crippen molar-refractivity contribution >= 4 is 5.82 Å². The van der Waals surface area contributed by atoms with Crippen molar-refractivity contribution in [2.24, 2.45) is 0 Å². The Balaban J connectivity index is 3.03. The van der Waals surface area contributed by atoms with Crippen LogP contribution < -0.4 is 5.73 Å². The van der Waals surface area contributed by atoms with E-state index < -0.39 is 6.43 Å². The highest BCUT2D eigenvalue weighted by Gasteiger charge is 2.10. The summed E-state index contributed by atoms with van der Waals surface area (Å²) in [6.07, 6.45) is -0.463. The van der Waals surface area contributed by atoms with E-state index in [4.69, 9.17) is 5.73 Å². The summed E-state index contributed by atoms with van der Waals surface area (Å²) in [7, 11) is 0. The van der Waals surface area contributed by atoms with E-state index >= 15 is 0 Å². The molecule has 0 fully saturated rings. The zero-order valence-corrected chi connectivity index (χ0v) is 4.96. The highest BCUT2D eigenvalue weighted by molar-refractivity contribution is 5.36. The molecule has 0 aliphatic rings. The predicted molar refractivity (Wildman–Crippen MR) is 31.4 cm³/mol. The maximum Gasteiger partial charge on any atom is 0.268 e. The van der Waals surface area contributed by atoms with Gasteiger partial charge in [-0.25, -0.2) is 18.7 Å². The van der Waals surface area contributed by atoms with Gasteiger partial charge < -0.3 is 5.73 Å². The average Bonchev–Trinajstić information content (AvgIpc) is 1.88. The minimum atomic E-state index is -2.60. The van der Waals surface area contributed by atoms with Crippen molar-refractivity contribution in [3.63, 3.8) is 0 Å². The molecular formula is C5H5F2N3. The fourth-order valence-electron chi connectivity index (χ4n) is 0.518. The molecule has 10 heavy (non-hydrogen) atoms. The minimum Gasteiger partial charge on any atom is -0.383 e. The van der Waals surface area contributed by atoms with Crippen LogP contribution in [0.15, 0.2) is 12.5 Å². The summed E-state index contributed by atoms with van der Waals surface area (Å²) in [6.45, 7) is 0. The van der Waals surface area contributed by atoms with Gasteiger partial charge in [0, 0.05) is 6.20 Å². The first-order valence-corrected chi connectivity index (χ1v) is 2.55. The third kappa shape index (κ3) is 1.18. The normalized spacial score (nSPS) is 10.3. The van der Waals surface area contributed by atoms with Crippen molar-refractivity contribution in [2.45, 2.75) is 6.43 Å². The van der Waals surface area contributed by atoms with E-state index in [0.29, 0.717) is 0 Å². The van der Waals surface area contributed by atoms with Gasteiger partial charge >= 0.3 is 0 Å². The van der Waals surface area contributed by atoms with Crippen molar-refractivity contribution in [1.29, 1.82) is 0 Å². The molecule has 0 aliphatic carbocycles. The number of nitrogens with two attached hydrogens (primary N) is 1. The molecule has 1 aromatic rings. The molecule has 2 N–H and O–H groups in total. The summed E-state index contributed by atoms with van der Waals surface area (Å²) >= 11 is 0. The molecule has 0 aromatic carbocycles. The SMILES string of the molecule is Nc1ncncc1C(F)F. The average molecular weight is 145 g/mol. The van der Waals surface area contributed by atoms with Crippen LogP contribution in [0.4, 0.5) is 14.6 Å². The lowest BCUT2D eigenvalue weighted by atomic mass is 10.3. The lowest BCUT2D eigenvalue weighted by Gasteiger charge is -1.99. The zero-order chi connectivity index (χ0) is 7.56. The summed E-state index contributed by atoms with van der Waals surface area (Å²) in [5.74, 6) is -0.162. The molecule has 0 unspecified atom stereocenters. The van der Waals surface area contributed by atoms with Gasteiger partial charge in [-0.15, -0.1) is 0 Å². The summed E-state index contributed by atoms with van der Waals surface area (Å²) in [5.41, 5.74) is 4.77. The number of hydrogen-bond donors (Lipinski definition) is 1. The van der Waals surface area contributed by atoms with E-state index in [1.807, 2.05) is 0 Å². The second-order valence-electron chi connectivity index (χ2n) is 1.66. The van der Waals surface area contributed by atoms with Gasteiger partial charge in [0.1, 0.15) is 12.1 Å². The summed E-state index contributed by atoms with van der Waals surface area (Å²) in [4.78, 5) is 6.78. The molecule has 0 spiro atoms. The van der Waals surface area contributed by atoms with Crippen molar-refractivity contribution < 1.29 is 8.78 Å². The molecule has 0 amide bonds. The standard InChI is InChI=1S/C5H5F2N3/c6-4(7)3-1-9-2-10-5(3)8/h1-2,4H,(H2,8,9,10). The fraction of sp³-hybridized carbons (Fsp3) is 0.200. The van der Waals surface area contributed by atoms with E-state index in [-0.39, 0.29) is 11.4 Å². The maximum atomic E-state index is 11.9. The number of halogens is 2. The Morgan fingerprint density at radius 3 is 2.60 bits per heavy atom. The van der Waals surface area contributed by atoms with Crippen LogP contribution in [0, 0.1) is 0 Å². The molecule has 0 saturated heterocycles. The third-order valence-corrected chi connectivity index (χ3v) is 1.01. The van der Waals surface area contributed by atoms with Crippen LogP contribution >= 0.6 is 0 Å². The highest BCUT2D eigenvalue weighted by Crippen LogP contribution is 2.20. The molecule has 0 aliphatic heterocycles. The van der Waals surface area contributed by atoms with Crippen LogP contribution in [0.5, 0.6) is 0 Å². The van der Waals surface area contributed by atoms with Crippen LogP contribution in [0.3, 0.4) is 0 Å². The summed E-state index contributed by atoms with van der Waals surface area (Å²) < 4.78 is 23.7. The van der Waals surface area contributed by atoms with Crippen LogP contribution in [0.25, 0.3) is 0 Å². The van der Waals surface area contributed by atoms with Crippen LogP contribution in [0.1, 0.15) is 12.0 Å². The molecule has 1 rings (SSSR count). The quantitative estimate of drug-likeness (QED) is 0.641. The number of nitrogens with zero attached hydrogens (tertiary/aromatic N) is 2. The van der Waals surface area contributed by atoms with Crippen molar-refractivity contribution in [1.82, 2.24) is 9.97 Å². The van der Waals surface area contributed by atoms with Gasteiger partial charge in [0.15, 0.2) is 0 Å². The number of anilines is 1. The van der Waals surface area contributed by atoms with Gasteiger partial charge in [0.05, 0.1) is 5.56 Å². The Morgan fingerprint density at radius 1 is 1.50 bits per heavy atom. The molecule has 0 saturated carbocycles. The molecule has 0 bridgehead atoms. The maximum absolute atomic E-state index is 11.9. The summed E-state index contributed by atoms with van der Waals surface area (Å²) in [6, 6.07) is 0. The van der Waals surface area contributed by atoms with Crippen LogP contribution in [-0.2, 0) is 0 Å². The first kappa shape index (κ1) is 6.85. The Kier molecular flexibility index (Phi) is 1.75. The van der Waals surface area contributed by atoms with Crippen LogP contribution in [0.2, 0.25) is 0 Å². The lowest BCUT2D eigenvalue weighted by Crippen LogP contribution is -1.98. The van der Waals surface area contributed by atoms with Gasteiger partial charge in [-0.05, 0) is 0 Å². The minimum absolute atomic E-state index is 0.162. The predicted octanol–water partition coefficient (Wildman–Crippen LogP) is 0.996. The van der Waals surface area contributed by atoms with Gasteiger partial charge in [0.2, 0.25) is 0 Å². The van der Waals surface area contributed by atoms with Crippen molar-refractivity contribution in [3.8, 4) is 0 Å². The van der Waals surface area contributed by atoms with E-state index in [9.17, 15) is 8.78 Å². The molecular weight excluding hydrogens is 140 g/mol. The van der Waals surface area contributed by atoms with Gasteiger partial charge in [-0.3, -0.25) is 0 Å². The number of aromatic nitrogens is 2. The van der Waals surface area contributed by atoms with Crippen molar-refractivity contribution in [3.05, 3.63) is 18.1 Å². The third-order valence-electron chi connectivity index (χ3n) is 1.01. The number of nitrogen functional groups attached to an aromatic ring is 1. The van der Waals surface area contributed by atoms with Crippen LogP contribution in [-0.4, -0.2) is 9.97 Å². The zero-order valence-electron chi connectivity index (χ0n) is 4.96. The molecule has 5 heteroatoms. The van der Waals surface area contributed by atoms with E-state index in [1.54, 1.807) is 0 Å². The monoisotopic (exact) mass is 145 g/mol. The number of alkyl halides is 2. The Morgan fingerprint density at radius 2 is 2.20 bits per heavy atom. The molecule has 1 aromatic heterocycles. The second-order valence-corrected chi connectivity index (χ2v) is 1.66. The van der Waals surface area contributed by atoms with E-state index in [0.717, 1.165) is 12.5 Å². The smallest absolute Gasteiger partial charge is 0.268 e. The largest absolute Gasteiger partial charge is 0.383 e. The first-order valence-electron chi connectivity index (χ1n) is 2.55. The highest BCUT2D eigenvalue weighted by atomic mass is 19.3. The Labute approximate surface area is 55.9 Å². The number of rotatable bonds is 1. The second kappa shape index (κ2) is 2.55. The first-order chi connectivity index (χ1) is 4.72. The van der Waals surface area contributed by atoms with Gasteiger partial charge in [-0.1, -0.05) is 0 Å². The van der Waals surface area contributed by atoms with E-state index in [1.165, 1.54) is 0 Å². The summed E-state index contributed by atoms with van der Waals surface area (Å²) in [5, 5.41) is 0. The molecule has 3 nitrogen and oxygen atoms in total. The molecule has 1 heterocycles. The van der Waals surface area contributed by atoms with Crippen molar-refractivity contribution in [2.75, 3.05) is 5.73 Å². The number of hydrogen-bond acceptors (Lipinski definition) is 3. The van der Waals surface area contributed by atoms with E-state index in [2.05, 4.69) is 9.97 Å².